The van der Waals surface area contributed by atoms with Crippen molar-refractivity contribution in [3.63, 3.8) is 0 Å². The van der Waals surface area contributed by atoms with Crippen LogP contribution in [0.15, 0.2) is 63.6 Å². The molecule has 4 rings (SSSR count). The van der Waals surface area contributed by atoms with Gasteiger partial charge in [0.15, 0.2) is 0 Å². The number of esters is 1. The van der Waals surface area contributed by atoms with Gasteiger partial charge in [-0.15, -0.1) is 0 Å². The number of nitro benzene ring substituents is 1. The Bertz CT molecular complexity index is 1400. The molecule has 3 aromatic rings. The summed E-state index contributed by atoms with van der Waals surface area (Å²) >= 11 is 0. The van der Waals surface area contributed by atoms with Gasteiger partial charge in [0.25, 0.3) is 11.6 Å². The van der Waals surface area contributed by atoms with Gasteiger partial charge in [0.05, 0.1) is 40.1 Å². The first-order valence-electron chi connectivity index (χ1n) is 10.4. The smallest absolute Gasteiger partial charge is 0.337 e. The minimum absolute atomic E-state index is 0.0528. The number of hydrogen-bond acceptors (Lipinski definition) is 7. The lowest BCUT2D eigenvalue weighted by Crippen LogP contribution is -2.21. The molecule has 0 unspecified atom stereocenters. The Morgan fingerprint density at radius 2 is 1.85 bits per heavy atom. The normalized spacial score (nSPS) is 14.5. The average molecular weight is 459 g/mol. The first-order valence-corrected chi connectivity index (χ1v) is 10.4. The van der Waals surface area contributed by atoms with Crippen LogP contribution >= 0.6 is 0 Å². The molecule has 0 bridgehead atoms. The van der Waals surface area contributed by atoms with Crippen LogP contribution in [-0.2, 0) is 9.53 Å². The zero-order valence-corrected chi connectivity index (χ0v) is 19.0. The Labute approximate surface area is 195 Å². The maximum absolute atomic E-state index is 13.1. The van der Waals surface area contributed by atoms with E-state index in [0.29, 0.717) is 39.6 Å². The number of carbonyl (C=O) groups excluding carboxylic acids is 2. The number of benzene rings is 2. The third-order valence-corrected chi connectivity index (χ3v) is 5.56. The molecule has 0 saturated carbocycles. The molecule has 0 aliphatic carbocycles. The van der Waals surface area contributed by atoms with Crippen molar-refractivity contribution in [2.75, 3.05) is 12.1 Å². The molecule has 0 radical (unpaired) electrons. The van der Waals surface area contributed by atoms with E-state index in [0.717, 1.165) is 11.1 Å². The predicted molar refractivity (Wildman–Crippen MR) is 127 cm³/mol. The molecule has 1 aliphatic heterocycles. The van der Waals surface area contributed by atoms with Crippen molar-refractivity contribution in [1.82, 2.24) is 0 Å². The van der Waals surface area contributed by atoms with Crippen LogP contribution in [0.5, 0.6) is 0 Å². The van der Waals surface area contributed by atoms with Crippen LogP contribution in [0.4, 0.5) is 11.4 Å². The Balaban J connectivity index is 1.66. The highest BCUT2D eigenvalue weighted by Gasteiger charge is 2.30. The maximum Gasteiger partial charge on any atom is 0.337 e. The second-order valence-electron chi connectivity index (χ2n) is 7.82. The zero-order valence-electron chi connectivity index (χ0n) is 19.0. The molecule has 1 aromatic heterocycles. The summed E-state index contributed by atoms with van der Waals surface area (Å²) in [7, 11) is 1.28. The topological polar surface area (TPSA) is 115 Å². The largest absolute Gasteiger partial charge is 0.465 e. The summed E-state index contributed by atoms with van der Waals surface area (Å²) in [6, 6.07) is 12.9. The van der Waals surface area contributed by atoms with Crippen molar-refractivity contribution in [3.05, 3.63) is 86.7 Å². The lowest BCUT2D eigenvalue weighted by molar-refractivity contribution is -0.384. The van der Waals surface area contributed by atoms with Crippen LogP contribution in [0, 0.1) is 24.0 Å². The number of hydrazone groups is 1. The number of nitrogens with zero attached hydrogens (tertiary/aromatic N) is 3. The number of methoxy groups -OCH3 is 1. The fraction of sp³-hybridized carbons (Fsp3) is 0.160. The van der Waals surface area contributed by atoms with E-state index in [4.69, 9.17) is 9.15 Å². The molecule has 172 valence electrons. The van der Waals surface area contributed by atoms with Crippen molar-refractivity contribution < 1.29 is 23.7 Å². The van der Waals surface area contributed by atoms with Gasteiger partial charge in [0.2, 0.25) is 0 Å². The van der Waals surface area contributed by atoms with Crippen LogP contribution < -0.4 is 5.01 Å². The summed E-state index contributed by atoms with van der Waals surface area (Å²) in [5.74, 6) is -0.238. The molecular formula is C25H21N3O6. The maximum atomic E-state index is 13.1. The number of aryl methyl sites for hydroxylation is 2. The molecule has 2 aromatic carbocycles. The lowest BCUT2D eigenvalue weighted by atomic mass is 10.0. The fourth-order valence-corrected chi connectivity index (χ4v) is 3.61. The van der Waals surface area contributed by atoms with Crippen LogP contribution in [-0.4, -0.2) is 29.6 Å². The van der Waals surface area contributed by atoms with E-state index in [1.54, 1.807) is 49.4 Å². The molecular weight excluding hydrogens is 438 g/mol. The van der Waals surface area contributed by atoms with E-state index in [2.05, 4.69) is 5.10 Å². The second kappa shape index (κ2) is 8.78. The summed E-state index contributed by atoms with van der Waals surface area (Å²) in [5, 5.41) is 17.1. The van der Waals surface area contributed by atoms with Crippen molar-refractivity contribution in [2.45, 2.75) is 20.8 Å². The van der Waals surface area contributed by atoms with Gasteiger partial charge >= 0.3 is 5.97 Å². The molecule has 9 nitrogen and oxygen atoms in total. The van der Waals surface area contributed by atoms with Crippen LogP contribution in [0.1, 0.15) is 34.2 Å². The SMILES string of the molecule is COC(=O)c1cccc(N2N=C(C)/C(=C/c3ccc(-c4cc(C)c(C)cc4[N+](=O)[O-])o3)C2=O)c1. The fourth-order valence-electron chi connectivity index (χ4n) is 3.61. The lowest BCUT2D eigenvalue weighted by Gasteiger charge is -2.12. The summed E-state index contributed by atoms with van der Waals surface area (Å²) < 4.78 is 10.6. The third-order valence-electron chi connectivity index (χ3n) is 5.56. The van der Waals surface area contributed by atoms with Gasteiger partial charge in [0.1, 0.15) is 11.5 Å². The molecule has 2 heterocycles. The van der Waals surface area contributed by atoms with Gasteiger partial charge in [-0.05, 0) is 74.4 Å². The Morgan fingerprint density at radius 3 is 2.56 bits per heavy atom. The molecule has 0 spiro atoms. The quantitative estimate of drug-likeness (QED) is 0.228. The molecule has 9 heteroatoms. The van der Waals surface area contributed by atoms with Gasteiger partial charge in [-0.25, -0.2) is 4.79 Å². The Morgan fingerprint density at radius 1 is 1.12 bits per heavy atom. The number of rotatable bonds is 5. The van der Waals surface area contributed by atoms with Crippen LogP contribution in [0.2, 0.25) is 0 Å². The van der Waals surface area contributed by atoms with Crippen LogP contribution in [0.3, 0.4) is 0 Å². The van der Waals surface area contributed by atoms with E-state index in [1.165, 1.54) is 24.3 Å². The highest BCUT2D eigenvalue weighted by atomic mass is 16.6. The molecule has 1 aliphatic rings. The summed E-state index contributed by atoms with van der Waals surface area (Å²) in [5.41, 5.74) is 3.50. The monoisotopic (exact) mass is 459 g/mol. The molecule has 0 saturated heterocycles. The van der Waals surface area contributed by atoms with Crippen molar-refractivity contribution in [1.29, 1.82) is 0 Å². The van der Waals surface area contributed by atoms with E-state index in [1.807, 2.05) is 13.8 Å². The average Bonchev–Trinajstić information content (AvgIpc) is 3.40. The molecule has 0 fully saturated rings. The molecule has 34 heavy (non-hydrogen) atoms. The van der Waals surface area contributed by atoms with Gasteiger partial charge in [-0.1, -0.05) is 6.07 Å². The van der Waals surface area contributed by atoms with Gasteiger partial charge < -0.3 is 9.15 Å². The molecule has 0 N–H and O–H groups in total. The highest BCUT2D eigenvalue weighted by molar-refractivity contribution is 6.32. The Hall–Kier alpha value is -4.53. The van der Waals surface area contributed by atoms with Gasteiger partial charge in [-0.3, -0.25) is 14.9 Å². The minimum Gasteiger partial charge on any atom is -0.465 e. The number of amides is 1. The summed E-state index contributed by atoms with van der Waals surface area (Å²) in [6.07, 6.45) is 1.54. The minimum atomic E-state index is -0.520. The number of nitro groups is 1. The molecule has 1 amide bonds. The predicted octanol–water partition coefficient (Wildman–Crippen LogP) is 5.06. The first-order chi connectivity index (χ1) is 16.2. The van der Waals surface area contributed by atoms with E-state index in [-0.39, 0.29) is 5.69 Å². The number of furan rings is 1. The number of hydrogen-bond donors (Lipinski definition) is 0. The molecule has 0 atom stereocenters. The van der Waals surface area contributed by atoms with Crippen molar-refractivity contribution in [2.24, 2.45) is 5.10 Å². The van der Waals surface area contributed by atoms with E-state index < -0.39 is 16.8 Å². The van der Waals surface area contributed by atoms with Gasteiger partial charge in [0, 0.05) is 6.07 Å². The number of carbonyl (C=O) groups is 2. The summed E-state index contributed by atoms with van der Waals surface area (Å²) in [4.78, 5) is 36.0. The van der Waals surface area contributed by atoms with Gasteiger partial charge in [-0.2, -0.15) is 10.1 Å². The zero-order chi connectivity index (χ0) is 24.6. The van der Waals surface area contributed by atoms with Crippen molar-refractivity contribution in [3.8, 4) is 11.3 Å². The van der Waals surface area contributed by atoms with Crippen molar-refractivity contribution >= 4 is 35.0 Å². The second-order valence-corrected chi connectivity index (χ2v) is 7.82. The highest BCUT2D eigenvalue weighted by Crippen LogP contribution is 2.34. The Kier molecular flexibility index (Phi) is 5.85. The summed E-state index contributed by atoms with van der Waals surface area (Å²) in [6.45, 7) is 5.37. The third kappa shape index (κ3) is 4.11. The first kappa shape index (κ1) is 22.7. The number of ether oxygens (including phenoxy) is 1. The van der Waals surface area contributed by atoms with Crippen LogP contribution in [0.25, 0.3) is 17.4 Å². The standard InChI is InChI=1S/C25H21N3O6/c1-14-10-21(22(28(31)32)11-15(14)2)23-9-8-19(34-23)13-20-16(3)26-27(24(20)29)18-7-5-6-17(12-18)25(30)33-4/h5-13H,1-4H3/b20-13-. The van der Waals surface area contributed by atoms with E-state index in [9.17, 15) is 19.7 Å². The van der Waals surface area contributed by atoms with E-state index >= 15 is 0 Å². The number of anilines is 1.